The number of hydrogen-bond donors (Lipinski definition) is 0. The van der Waals surface area contributed by atoms with Gasteiger partial charge in [0.15, 0.2) is 0 Å². The highest BCUT2D eigenvalue weighted by Gasteiger charge is 2.24. The molecule has 1 atom stereocenters. The lowest BCUT2D eigenvalue weighted by molar-refractivity contribution is 0.830. The number of aromatic nitrogens is 1. The van der Waals surface area contributed by atoms with E-state index in [0.717, 1.165) is 30.6 Å². The van der Waals surface area contributed by atoms with Crippen LogP contribution in [-0.2, 0) is 0 Å². The number of para-hydroxylation sites is 2. The number of anilines is 3. The van der Waals surface area contributed by atoms with Crippen LogP contribution in [0, 0.1) is 0 Å². The maximum atomic E-state index is 2.49. The van der Waals surface area contributed by atoms with Gasteiger partial charge in [0.25, 0.3) is 0 Å². The Labute approximate surface area is 337 Å². The summed E-state index contributed by atoms with van der Waals surface area (Å²) >= 11 is 1.88. The predicted octanol–water partition coefficient (Wildman–Crippen LogP) is 15.5. The molecule has 9 aromatic rings. The van der Waals surface area contributed by atoms with Gasteiger partial charge in [0.2, 0.25) is 0 Å². The van der Waals surface area contributed by atoms with Gasteiger partial charge in [0.1, 0.15) is 0 Å². The zero-order valence-electron chi connectivity index (χ0n) is 31.6. The van der Waals surface area contributed by atoms with E-state index in [9.17, 15) is 0 Å². The molecule has 0 amide bonds. The van der Waals surface area contributed by atoms with Crippen molar-refractivity contribution in [3.63, 3.8) is 0 Å². The second-order valence-electron chi connectivity index (χ2n) is 15.1. The molecule has 1 unspecified atom stereocenters. The van der Waals surface area contributed by atoms with Gasteiger partial charge in [-0.2, -0.15) is 0 Å². The van der Waals surface area contributed by atoms with E-state index in [1.807, 2.05) is 11.3 Å². The van der Waals surface area contributed by atoms with Crippen molar-refractivity contribution in [2.24, 2.45) is 0 Å². The summed E-state index contributed by atoms with van der Waals surface area (Å²) in [6.07, 6.45) is 14.6. The first-order valence-corrected chi connectivity index (χ1v) is 20.8. The van der Waals surface area contributed by atoms with Crippen LogP contribution >= 0.6 is 11.3 Å². The van der Waals surface area contributed by atoms with E-state index in [0.29, 0.717) is 0 Å². The molecule has 11 rings (SSSR count). The SMILES string of the molecule is C1=CCC(c2ccc(N(c3ccc(C4=C(c5ccccc5)CCC=C4)cc3)c3cccc4c3sc3ccccc34)cc2)C(n2c3ccccc3c3ccccc32)=C1. The molecule has 2 aliphatic carbocycles. The third kappa shape index (κ3) is 5.77. The topological polar surface area (TPSA) is 8.17 Å². The van der Waals surface area contributed by atoms with Gasteiger partial charge in [-0.3, -0.25) is 0 Å². The molecule has 3 heteroatoms. The van der Waals surface area contributed by atoms with Crippen molar-refractivity contribution in [2.45, 2.75) is 25.2 Å². The van der Waals surface area contributed by atoms with Gasteiger partial charge >= 0.3 is 0 Å². The maximum Gasteiger partial charge on any atom is 0.0640 e. The van der Waals surface area contributed by atoms with Crippen molar-refractivity contribution in [3.8, 4) is 0 Å². The zero-order valence-corrected chi connectivity index (χ0v) is 32.4. The third-order valence-corrected chi connectivity index (χ3v) is 13.1. The van der Waals surface area contributed by atoms with Gasteiger partial charge in [-0.1, -0.05) is 146 Å². The Hall–Kier alpha value is -6.68. The Morgan fingerprint density at radius 1 is 0.544 bits per heavy atom. The first-order valence-electron chi connectivity index (χ1n) is 20.0. The van der Waals surface area contributed by atoms with Crippen LogP contribution in [0.2, 0.25) is 0 Å². The van der Waals surface area contributed by atoms with E-state index in [-0.39, 0.29) is 5.92 Å². The number of allylic oxidation sites excluding steroid dienone is 8. The van der Waals surface area contributed by atoms with Crippen LogP contribution in [0.1, 0.15) is 41.9 Å². The van der Waals surface area contributed by atoms with Crippen LogP contribution < -0.4 is 4.90 Å². The largest absolute Gasteiger partial charge is 0.312 e. The minimum Gasteiger partial charge on any atom is -0.312 e. The monoisotopic (exact) mass is 748 g/mol. The van der Waals surface area contributed by atoms with Crippen molar-refractivity contribution in [1.82, 2.24) is 4.57 Å². The summed E-state index contributed by atoms with van der Waals surface area (Å²) < 4.78 is 5.10. The summed E-state index contributed by atoms with van der Waals surface area (Å²) in [7, 11) is 0. The van der Waals surface area contributed by atoms with Gasteiger partial charge in [-0.05, 0) is 102 Å². The van der Waals surface area contributed by atoms with Gasteiger partial charge in [0, 0.05) is 49.2 Å². The Morgan fingerprint density at radius 3 is 1.95 bits per heavy atom. The minimum atomic E-state index is 0.220. The first kappa shape index (κ1) is 33.6. The highest BCUT2D eigenvalue weighted by molar-refractivity contribution is 7.26. The van der Waals surface area contributed by atoms with Crippen LogP contribution in [0.3, 0.4) is 0 Å². The average molecular weight is 749 g/mol. The van der Waals surface area contributed by atoms with Crippen LogP contribution in [0.4, 0.5) is 17.1 Å². The molecule has 0 bridgehead atoms. The van der Waals surface area contributed by atoms with E-state index in [1.54, 1.807) is 0 Å². The molecule has 0 saturated heterocycles. The number of fused-ring (bicyclic) bond motifs is 6. The Morgan fingerprint density at radius 2 is 1.19 bits per heavy atom. The summed E-state index contributed by atoms with van der Waals surface area (Å²) in [5.74, 6) is 0.220. The lowest BCUT2D eigenvalue weighted by atomic mass is 9.88. The highest BCUT2D eigenvalue weighted by Crippen LogP contribution is 2.46. The molecule has 2 nitrogen and oxygen atoms in total. The molecule has 0 spiro atoms. The third-order valence-electron chi connectivity index (χ3n) is 11.9. The molecular formula is C54H40N2S. The van der Waals surface area contributed by atoms with Crippen molar-refractivity contribution in [3.05, 3.63) is 217 Å². The van der Waals surface area contributed by atoms with Gasteiger partial charge in [-0.15, -0.1) is 11.3 Å². The summed E-state index contributed by atoms with van der Waals surface area (Å²) in [6.45, 7) is 0. The van der Waals surface area contributed by atoms with E-state index >= 15 is 0 Å². The van der Waals surface area contributed by atoms with E-state index in [2.05, 4.69) is 210 Å². The summed E-state index contributed by atoms with van der Waals surface area (Å²) in [5.41, 5.74) is 13.9. The van der Waals surface area contributed by atoms with E-state index < -0.39 is 0 Å². The van der Waals surface area contributed by atoms with Crippen LogP contribution in [0.15, 0.2) is 200 Å². The molecule has 7 aromatic carbocycles. The second-order valence-corrected chi connectivity index (χ2v) is 16.2. The number of nitrogens with zero attached hydrogens (tertiary/aromatic N) is 2. The fraction of sp³-hybridized carbons (Fsp3) is 0.0741. The average Bonchev–Trinajstić information content (AvgIpc) is 3.84. The Kier molecular flexibility index (Phi) is 8.33. The molecule has 2 aromatic heterocycles. The van der Waals surface area contributed by atoms with Gasteiger partial charge in [0.05, 0.1) is 21.4 Å². The van der Waals surface area contributed by atoms with E-state index in [1.165, 1.54) is 81.2 Å². The van der Waals surface area contributed by atoms with Crippen LogP contribution in [0.5, 0.6) is 0 Å². The second kappa shape index (κ2) is 14.1. The fourth-order valence-corrected chi connectivity index (χ4v) is 10.4. The Balaban J connectivity index is 1.02. The fourth-order valence-electron chi connectivity index (χ4n) is 9.21. The predicted molar refractivity (Wildman–Crippen MR) is 246 cm³/mol. The number of hydrogen-bond acceptors (Lipinski definition) is 2. The molecule has 0 radical (unpaired) electrons. The number of thiophene rings is 1. The maximum absolute atomic E-state index is 2.49. The molecule has 2 heterocycles. The lowest BCUT2D eigenvalue weighted by Crippen LogP contribution is -2.12. The molecule has 0 fully saturated rings. The van der Waals surface area contributed by atoms with Gasteiger partial charge in [-0.25, -0.2) is 0 Å². The lowest BCUT2D eigenvalue weighted by Gasteiger charge is -2.28. The van der Waals surface area contributed by atoms with Crippen LogP contribution in [0.25, 0.3) is 58.8 Å². The first-order chi connectivity index (χ1) is 28.3. The van der Waals surface area contributed by atoms with Gasteiger partial charge < -0.3 is 9.47 Å². The van der Waals surface area contributed by atoms with Crippen LogP contribution in [-0.4, -0.2) is 4.57 Å². The highest BCUT2D eigenvalue weighted by atomic mass is 32.1. The summed E-state index contributed by atoms with van der Waals surface area (Å²) in [4.78, 5) is 2.46. The molecule has 0 aliphatic heterocycles. The van der Waals surface area contributed by atoms with Crippen molar-refractivity contribution in [2.75, 3.05) is 4.90 Å². The van der Waals surface area contributed by atoms with Crippen molar-refractivity contribution < 1.29 is 0 Å². The quantitative estimate of drug-likeness (QED) is 0.158. The number of benzene rings is 7. The van der Waals surface area contributed by atoms with Crippen molar-refractivity contribution >= 4 is 87.2 Å². The number of rotatable bonds is 7. The molecular weight excluding hydrogens is 709 g/mol. The normalized spacial score (nSPS) is 15.6. The standard InChI is InChI=1S/C54H40N2S/c1-2-15-37(16-3-1)42-17-4-5-18-43(42)38-29-33-40(34-30-38)55(52-27-14-23-48-47-22-9-13-28-53(47)57-54(48)52)41-35-31-39(32-36-41)44-19-6-10-24-49(44)56-50-25-11-7-20-45(50)46-21-8-12-26-51(46)56/h1-3,5-16,18,20-36,44H,4,17,19H2. The van der Waals surface area contributed by atoms with Crippen molar-refractivity contribution in [1.29, 1.82) is 0 Å². The molecule has 57 heavy (non-hydrogen) atoms. The molecule has 2 aliphatic rings. The smallest absolute Gasteiger partial charge is 0.0640 e. The minimum absolute atomic E-state index is 0.220. The Bertz CT molecular complexity index is 3030. The summed E-state index contributed by atoms with van der Waals surface area (Å²) in [6, 6.07) is 62.7. The summed E-state index contributed by atoms with van der Waals surface area (Å²) in [5, 5.41) is 5.19. The zero-order chi connectivity index (χ0) is 37.7. The molecule has 0 N–H and O–H groups in total. The molecule has 0 saturated carbocycles. The molecule has 272 valence electrons. The van der Waals surface area contributed by atoms with E-state index in [4.69, 9.17) is 0 Å².